The van der Waals surface area contributed by atoms with Gasteiger partial charge in [0.1, 0.15) is 5.70 Å². The highest BCUT2D eigenvalue weighted by molar-refractivity contribution is 6.35. The molecule has 0 saturated carbocycles. The fourth-order valence-electron chi connectivity index (χ4n) is 4.08. The molecule has 0 aromatic heterocycles. The zero-order valence-corrected chi connectivity index (χ0v) is 17.3. The van der Waals surface area contributed by atoms with Gasteiger partial charge in [0.2, 0.25) is 0 Å². The summed E-state index contributed by atoms with van der Waals surface area (Å²) >= 11 is 0. The predicted octanol–water partition coefficient (Wildman–Crippen LogP) is 2.23. The van der Waals surface area contributed by atoms with Gasteiger partial charge in [0, 0.05) is 39.8 Å². The Morgan fingerprint density at radius 2 is 1.47 bits per heavy atom. The first-order valence-electron chi connectivity index (χ1n) is 10.3. The van der Waals surface area contributed by atoms with Crippen LogP contribution in [-0.2, 0) is 20.9 Å². The third kappa shape index (κ3) is 4.15. The maximum Gasteiger partial charge on any atom is 0.277 e. The molecule has 2 aromatic carbocycles. The molecule has 6 heteroatoms. The van der Waals surface area contributed by atoms with Crippen LogP contribution in [0.15, 0.2) is 66.4 Å². The van der Waals surface area contributed by atoms with Gasteiger partial charge < -0.3 is 9.64 Å². The van der Waals surface area contributed by atoms with Crippen LogP contribution in [0.25, 0.3) is 5.57 Å². The molecule has 0 bridgehead atoms. The number of amides is 2. The maximum absolute atomic E-state index is 13.2. The van der Waals surface area contributed by atoms with E-state index in [1.54, 1.807) is 7.11 Å². The molecule has 2 aliphatic rings. The number of imide groups is 1. The molecule has 2 aliphatic heterocycles. The summed E-state index contributed by atoms with van der Waals surface area (Å²) < 4.78 is 5.11. The first-order chi connectivity index (χ1) is 14.7. The predicted molar refractivity (Wildman–Crippen MR) is 115 cm³/mol. The molecule has 0 radical (unpaired) electrons. The van der Waals surface area contributed by atoms with E-state index in [4.69, 9.17) is 4.74 Å². The standard InChI is InChI=1S/C24H27N3O3/c1-30-17-16-27-23(28)21(20-10-6-3-7-11-20)22(24(27)29)26-14-12-25(13-15-26)18-19-8-4-2-5-9-19/h2-11H,12-18H2,1H3. The largest absolute Gasteiger partial charge is 0.383 e. The van der Waals surface area contributed by atoms with Crippen LogP contribution in [0.2, 0.25) is 0 Å². The van der Waals surface area contributed by atoms with Gasteiger partial charge in [0.05, 0.1) is 18.7 Å². The van der Waals surface area contributed by atoms with Crippen molar-refractivity contribution in [3.63, 3.8) is 0 Å². The molecule has 0 aliphatic carbocycles. The lowest BCUT2D eigenvalue weighted by Crippen LogP contribution is -2.47. The minimum atomic E-state index is -0.232. The molecule has 0 unspecified atom stereocenters. The number of hydrogen-bond acceptors (Lipinski definition) is 5. The SMILES string of the molecule is COCCN1C(=O)C(c2ccccc2)=C(N2CCN(Cc3ccccc3)CC2)C1=O. The molecule has 6 nitrogen and oxygen atoms in total. The number of piperazine rings is 1. The van der Waals surface area contributed by atoms with Crippen LogP contribution in [0.3, 0.4) is 0 Å². The second kappa shape index (κ2) is 9.24. The number of carbonyl (C=O) groups excluding carboxylic acids is 2. The topological polar surface area (TPSA) is 53.1 Å². The third-order valence-corrected chi connectivity index (χ3v) is 5.66. The Labute approximate surface area is 177 Å². The van der Waals surface area contributed by atoms with Crippen molar-refractivity contribution < 1.29 is 14.3 Å². The van der Waals surface area contributed by atoms with E-state index in [-0.39, 0.29) is 18.4 Å². The summed E-state index contributed by atoms with van der Waals surface area (Å²) in [5.41, 5.74) is 3.11. The number of hydrogen-bond donors (Lipinski definition) is 0. The Morgan fingerprint density at radius 1 is 0.833 bits per heavy atom. The molecule has 2 amide bonds. The van der Waals surface area contributed by atoms with Gasteiger partial charge in [-0.3, -0.25) is 19.4 Å². The number of methoxy groups -OCH3 is 1. The van der Waals surface area contributed by atoms with Gasteiger partial charge in [-0.1, -0.05) is 60.7 Å². The van der Waals surface area contributed by atoms with Crippen molar-refractivity contribution in [1.29, 1.82) is 0 Å². The van der Waals surface area contributed by atoms with E-state index in [2.05, 4.69) is 34.1 Å². The van der Waals surface area contributed by atoms with Crippen molar-refractivity contribution in [2.75, 3.05) is 46.4 Å². The van der Waals surface area contributed by atoms with Gasteiger partial charge >= 0.3 is 0 Å². The fourth-order valence-corrected chi connectivity index (χ4v) is 4.08. The van der Waals surface area contributed by atoms with Crippen LogP contribution < -0.4 is 0 Å². The molecule has 2 aromatic rings. The molecule has 4 rings (SSSR count). The second-order valence-electron chi connectivity index (χ2n) is 7.59. The summed E-state index contributed by atoms with van der Waals surface area (Å²) in [6.45, 7) is 4.62. The average molecular weight is 405 g/mol. The number of ether oxygens (including phenoxy) is 1. The van der Waals surface area contributed by atoms with E-state index in [0.717, 1.165) is 38.3 Å². The maximum atomic E-state index is 13.2. The highest BCUT2D eigenvalue weighted by Crippen LogP contribution is 2.32. The molecule has 1 fully saturated rings. The van der Waals surface area contributed by atoms with Crippen molar-refractivity contribution >= 4 is 17.4 Å². The fraction of sp³-hybridized carbons (Fsp3) is 0.333. The lowest BCUT2D eigenvalue weighted by molar-refractivity contribution is -0.138. The van der Waals surface area contributed by atoms with Crippen molar-refractivity contribution in [2.45, 2.75) is 6.54 Å². The second-order valence-corrected chi connectivity index (χ2v) is 7.59. The van der Waals surface area contributed by atoms with E-state index in [9.17, 15) is 9.59 Å². The normalized spacial score (nSPS) is 17.9. The summed E-state index contributed by atoms with van der Waals surface area (Å²) in [6.07, 6.45) is 0. The Bertz CT molecular complexity index is 919. The van der Waals surface area contributed by atoms with Gasteiger partial charge in [0.15, 0.2) is 0 Å². The van der Waals surface area contributed by atoms with Crippen molar-refractivity contribution in [3.05, 3.63) is 77.5 Å². The molecule has 0 spiro atoms. The van der Waals surface area contributed by atoms with Crippen molar-refractivity contribution in [2.24, 2.45) is 0 Å². The first-order valence-corrected chi connectivity index (χ1v) is 10.3. The Kier molecular flexibility index (Phi) is 6.26. The van der Waals surface area contributed by atoms with Gasteiger partial charge in [-0.15, -0.1) is 0 Å². The number of nitrogens with zero attached hydrogens (tertiary/aromatic N) is 3. The smallest absolute Gasteiger partial charge is 0.277 e. The molecule has 156 valence electrons. The minimum Gasteiger partial charge on any atom is -0.383 e. The molecule has 1 saturated heterocycles. The quantitative estimate of drug-likeness (QED) is 0.662. The number of benzene rings is 2. The summed E-state index contributed by atoms with van der Waals surface area (Å²) in [5.74, 6) is -0.447. The molecular formula is C24H27N3O3. The minimum absolute atomic E-state index is 0.215. The summed E-state index contributed by atoms with van der Waals surface area (Å²) in [5, 5.41) is 0. The van der Waals surface area contributed by atoms with Gasteiger partial charge in [-0.05, 0) is 11.1 Å². The number of carbonyl (C=O) groups is 2. The summed E-state index contributed by atoms with van der Waals surface area (Å²) in [4.78, 5) is 32.1. The van der Waals surface area contributed by atoms with Gasteiger partial charge in [-0.2, -0.15) is 0 Å². The molecule has 2 heterocycles. The number of rotatable bonds is 7. The molecule has 0 N–H and O–H groups in total. The summed E-state index contributed by atoms with van der Waals surface area (Å²) in [6, 6.07) is 19.9. The first kappa shape index (κ1) is 20.3. The van der Waals surface area contributed by atoms with E-state index < -0.39 is 0 Å². The third-order valence-electron chi connectivity index (χ3n) is 5.66. The zero-order valence-electron chi connectivity index (χ0n) is 17.3. The molecule has 0 atom stereocenters. The van der Waals surface area contributed by atoms with Crippen LogP contribution in [0.4, 0.5) is 0 Å². The molecular weight excluding hydrogens is 378 g/mol. The highest BCUT2D eigenvalue weighted by atomic mass is 16.5. The lowest BCUT2D eigenvalue weighted by Gasteiger charge is -2.36. The van der Waals surface area contributed by atoms with E-state index in [1.165, 1.54) is 10.5 Å². The van der Waals surface area contributed by atoms with Crippen molar-refractivity contribution in [1.82, 2.24) is 14.7 Å². The Hall–Kier alpha value is -2.96. The highest BCUT2D eigenvalue weighted by Gasteiger charge is 2.41. The lowest BCUT2D eigenvalue weighted by atomic mass is 10.0. The van der Waals surface area contributed by atoms with Crippen LogP contribution in [0, 0.1) is 0 Å². The average Bonchev–Trinajstić information content (AvgIpc) is 3.04. The Morgan fingerprint density at radius 3 is 2.10 bits per heavy atom. The van der Waals surface area contributed by atoms with E-state index >= 15 is 0 Å². The summed E-state index contributed by atoms with van der Waals surface area (Å²) in [7, 11) is 1.57. The van der Waals surface area contributed by atoms with E-state index in [1.807, 2.05) is 36.4 Å². The van der Waals surface area contributed by atoms with Crippen molar-refractivity contribution in [3.8, 4) is 0 Å². The van der Waals surface area contributed by atoms with Crippen LogP contribution in [-0.4, -0.2) is 73.0 Å². The van der Waals surface area contributed by atoms with Gasteiger partial charge in [0.25, 0.3) is 11.8 Å². The van der Waals surface area contributed by atoms with Gasteiger partial charge in [-0.25, -0.2) is 0 Å². The Balaban J connectivity index is 1.54. The van der Waals surface area contributed by atoms with E-state index in [0.29, 0.717) is 17.9 Å². The van der Waals surface area contributed by atoms with Crippen LogP contribution in [0.1, 0.15) is 11.1 Å². The monoisotopic (exact) mass is 405 g/mol. The van der Waals surface area contributed by atoms with Crippen LogP contribution >= 0.6 is 0 Å². The molecule has 30 heavy (non-hydrogen) atoms. The zero-order chi connectivity index (χ0) is 20.9. The van der Waals surface area contributed by atoms with Crippen LogP contribution in [0.5, 0.6) is 0 Å².